The van der Waals surface area contributed by atoms with Gasteiger partial charge in [0.1, 0.15) is 0 Å². The van der Waals surface area contributed by atoms with Gasteiger partial charge in [0.2, 0.25) is 0 Å². The SMILES string of the molecule is Cc1cc(C)nc(-c2ccc(-c3ccc(-c4cc(-c5ccc6c(c5)-c5ccccc5C6(C)C)cc(-c5nc(-c6ccccc6)nc(-c6ccccc6)n5)c4)cc3)cc2)n1. The van der Waals surface area contributed by atoms with Crippen LogP contribution in [0.2, 0.25) is 0 Å². The second-order valence-electron chi connectivity index (χ2n) is 15.9. The maximum atomic E-state index is 5.14. The molecule has 0 radical (unpaired) electrons. The minimum atomic E-state index is -0.0699. The van der Waals surface area contributed by atoms with E-state index in [4.69, 9.17) is 15.0 Å². The molecule has 9 aromatic rings. The Hall–Kier alpha value is -7.37. The highest BCUT2D eigenvalue weighted by molar-refractivity contribution is 5.87. The van der Waals surface area contributed by atoms with E-state index in [1.165, 1.54) is 22.3 Å². The van der Waals surface area contributed by atoms with Crippen molar-refractivity contribution in [3.63, 3.8) is 0 Å². The van der Waals surface area contributed by atoms with Gasteiger partial charge in [0, 0.05) is 39.1 Å². The van der Waals surface area contributed by atoms with Gasteiger partial charge in [0.05, 0.1) is 0 Å². The third-order valence-corrected chi connectivity index (χ3v) is 11.5. The van der Waals surface area contributed by atoms with Crippen LogP contribution in [0.25, 0.3) is 90.1 Å². The Kier molecular flexibility index (Phi) is 8.87. The summed E-state index contributed by atoms with van der Waals surface area (Å²) in [5.41, 5.74) is 17.6. The van der Waals surface area contributed by atoms with Gasteiger partial charge in [-0.1, -0.05) is 159 Å². The lowest BCUT2D eigenvalue weighted by Gasteiger charge is -2.21. The van der Waals surface area contributed by atoms with E-state index in [9.17, 15) is 0 Å². The van der Waals surface area contributed by atoms with E-state index < -0.39 is 0 Å². The number of fused-ring (bicyclic) bond motifs is 3. The van der Waals surface area contributed by atoms with Crippen molar-refractivity contribution in [2.45, 2.75) is 33.1 Å². The molecule has 2 aromatic heterocycles. The van der Waals surface area contributed by atoms with Crippen molar-refractivity contribution in [2.75, 3.05) is 0 Å². The van der Waals surface area contributed by atoms with E-state index in [2.05, 4.69) is 133 Å². The van der Waals surface area contributed by atoms with Gasteiger partial charge in [-0.2, -0.15) is 0 Å². The van der Waals surface area contributed by atoms with E-state index in [1.54, 1.807) is 0 Å². The second-order valence-corrected chi connectivity index (χ2v) is 15.9. The number of aromatic nitrogens is 5. The second kappa shape index (κ2) is 14.5. The molecule has 5 heteroatoms. The molecule has 1 aliphatic rings. The normalized spacial score (nSPS) is 12.5. The number of nitrogens with zero attached hydrogens (tertiary/aromatic N) is 5. The highest BCUT2D eigenvalue weighted by Crippen LogP contribution is 2.49. The fourth-order valence-electron chi connectivity index (χ4n) is 8.45. The Bertz CT molecular complexity index is 2930. The molecular weight excluding hydrogens is 719 g/mol. The summed E-state index contributed by atoms with van der Waals surface area (Å²) in [7, 11) is 0. The molecule has 0 saturated carbocycles. The van der Waals surface area contributed by atoms with E-state index >= 15 is 0 Å². The van der Waals surface area contributed by atoms with Crippen LogP contribution in [0.3, 0.4) is 0 Å². The lowest BCUT2D eigenvalue weighted by atomic mass is 9.82. The van der Waals surface area contributed by atoms with Crippen molar-refractivity contribution in [1.29, 1.82) is 0 Å². The first-order valence-electron chi connectivity index (χ1n) is 20.1. The maximum Gasteiger partial charge on any atom is 0.164 e. The van der Waals surface area contributed by atoms with Crippen LogP contribution >= 0.6 is 0 Å². The van der Waals surface area contributed by atoms with Gasteiger partial charge < -0.3 is 0 Å². The number of hydrogen-bond donors (Lipinski definition) is 0. The minimum Gasteiger partial charge on any atom is -0.233 e. The molecule has 0 bridgehead atoms. The molecule has 0 amide bonds. The predicted octanol–water partition coefficient (Wildman–Crippen LogP) is 13.3. The number of benzene rings is 7. The first kappa shape index (κ1) is 36.0. The van der Waals surface area contributed by atoms with Crippen LogP contribution in [-0.4, -0.2) is 24.9 Å². The third-order valence-electron chi connectivity index (χ3n) is 11.5. The average Bonchev–Trinajstić information content (AvgIpc) is 3.51. The average molecular weight is 760 g/mol. The Morgan fingerprint density at radius 1 is 0.288 bits per heavy atom. The number of aryl methyl sites for hydroxylation is 2. The number of rotatable bonds is 7. The van der Waals surface area contributed by atoms with Gasteiger partial charge >= 0.3 is 0 Å². The quantitative estimate of drug-likeness (QED) is 0.162. The molecule has 1 aliphatic carbocycles. The fourth-order valence-corrected chi connectivity index (χ4v) is 8.45. The van der Waals surface area contributed by atoms with Crippen LogP contribution < -0.4 is 0 Å². The maximum absolute atomic E-state index is 5.14. The van der Waals surface area contributed by atoms with Crippen molar-refractivity contribution < 1.29 is 0 Å². The van der Waals surface area contributed by atoms with Crippen LogP contribution in [0.4, 0.5) is 0 Å². The van der Waals surface area contributed by atoms with Crippen molar-refractivity contribution in [2.24, 2.45) is 0 Å². The standard InChI is InChI=1S/C54H41N5/c1-34-29-35(2)56-50(55-34)41-25-23-37(24-26-41)36-19-21-38(22-20-36)43-30-44(42-27-28-49-47(33-42)46-17-11-12-18-48(46)54(49,3)4)32-45(31-43)53-58-51(39-13-7-5-8-14-39)57-52(59-53)40-15-9-6-10-16-40/h5-33H,1-4H3. The number of hydrogen-bond acceptors (Lipinski definition) is 5. The summed E-state index contributed by atoms with van der Waals surface area (Å²) in [5, 5.41) is 0. The molecular formula is C54H41N5. The molecule has 0 spiro atoms. The molecule has 5 nitrogen and oxygen atoms in total. The summed E-state index contributed by atoms with van der Waals surface area (Å²) in [6, 6.07) is 62.1. The Labute approximate surface area is 345 Å². The molecule has 59 heavy (non-hydrogen) atoms. The molecule has 0 saturated heterocycles. The largest absolute Gasteiger partial charge is 0.233 e. The summed E-state index contributed by atoms with van der Waals surface area (Å²) in [6.07, 6.45) is 0. The molecule has 0 atom stereocenters. The zero-order valence-corrected chi connectivity index (χ0v) is 33.5. The van der Waals surface area contributed by atoms with Gasteiger partial charge in [-0.15, -0.1) is 0 Å². The lowest BCUT2D eigenvalue weighted by molar-refractivity contribution is 0.660. The van der Waals surface area contributed by atoms with Gasteiger partial charge in [-0.25, -0.2) is 24.9 Å². The molecule has 0 N–H and O–H groups in total. The summed E-state index contributed by atoms with van der Waals surface area (Å²) >= 11 is 0. The van der Waals surface area contributed by atoms with Gasteiger partial charge in [-0.3, -0.25) is 0 Å². The van der Waals surface area contributed by atoms with Crippen molar-refractivity contribution in [3.8, 4) is 90.1 Å². The molecule has 282 valence electrons. The molecule has 10 rings (SSSR count). The highest BCUT2D eigenvalue weighted by Gasteiger charge is 2.35. The first-order valence-corrected chi connectivity index (χ1v) is 20.1. The van der Waals surface area contributed by atoms with E-state index in [1.807, 2.05) is 80.6 Å². The topological polar surface area (TPSA) is 64.5 Å². The molecule has 0 aliphatic heterocycles. The van der Waals surface area contributed by atoms with E-state index in [0.717, 1.165) is 72.8 Å². The van der Waals surface area contributed by atoms with Crippen molar-refractivity contribution in [1.82, 2.24) is 24.9 Å². The van der Waals surface area contributed by atoms with Gasteiger partial charge in [0.15, 0.2) is 23.3 Å². The van der Waals surface area contributed by atoms with E-state index in [-0.39, 0.29) is 5.41 Å². The third kappa shape index (κ3) is 6.81. The van der Waals surface area contributed by atoms with Crippen LogP contribution in [0, 0.1) is 13.8 Å². The zero-order valence-electron chi connectivity index (χ0n) is 33.5. The Balaban J connectivity index is 1.09. The smallest absolute Gasteiger partial charge is 0.164 e. The van der Waals surface area contributed by atoms with Crippen LogP contribution in [0.15, 0.2) is 176 Å². The monoisotopic (exact) mass is 759 g/mol. The van der Waals surface area contributed by atoms with Gasteiger partial charge in [0.25, 0.3) is 0 Å². The van der Waals surface area contributed by atoms with Crippen LogP contribution in [0.1, 0.15) is 36.4 Å². The Morgan fingerprint density at radius 3 is 1.25 bits per heavy atom. The molecule has 0 fully saturated rings. The highest BCUT2D eigenvalue weighted by atomic mass is 15.0. The minimum absolute atomic E-state index is 0.0699. The summed E-state index contributed by atoms with van der Waals surface area (Å²) < 4.78 is 0. The fraction of sp³-hybridized carbons (Fsp3) is 0.0926. The Morgan fingerprint density at radius 2 is 0.678 bits per heavy atom. The molecule has 2 heterocycles. The molecule has 7 aromatic carbocycles. The summed E-state index contributed by atoms with van der Waals surface area (Å²) in [5.74, 6) is 2.65. The summed E-state index contributed by atoms with van der Waals surface area (Å²) in [4.78, 5) is 24.6. The summed E-state index contributed by atoms with van der Waals surface area (Å²) in [6.45, 7) is 8.66. The van der Waals surface area contributed by atoms with Crippen molar-refractivity contribution in [3.05, 3.63) is 198 Å². The van der Waals surface area contributed by atoms with Gasteiger partial charge in [-0.05, 0) is 99.8 Å². The van der Waals surface area contributed by atoms with Crippen LogP contribution in [0.5, 0.6) is 0 Å². The molecule has 0 unspecified atom stereocenters. The first-order chi connectivity index (χ1) is 28.8. The lowest BCUT2D eigenvalue weighted by Crippen LogP contribution is -2.14. The zero-order chi connectivity index (χ0) is 40.1. The predicted molar refractivity (Wildman–Crippen MR) is 241 cm³/mol. The van der Waals surface area contributed by atoms with E-state index in [0.29, 0.717) is 17.5 Å². The van der Waals surface area contributed by atoms with Crippen molar-refractivity contribution >= 4 is 0 Å². The van der Waals surface area contributed by atoms with Crippen LogP contribution in [-0.2, 0) is 5.41 Å².